The predicted octanol–water partition coefficient (Wildman–Crippen LogP) is 5.82. The lowest BCUT2D eigenvalue weighted by molar-refractivity contribution is -0.141. The Morgan fingerprint density at radius 2 is 1.45 bits per heavy atom. The molecule has 0 aliphatic carbocycles. The van der Waals surface area contributed by atoms with Crippen LogP contribution in [0, 0.1) is 0 Å². The van der Waals surface area contributed by atoms with E-state index in [1.165, 1.54) is 36.2 Å². The third kappa shape index (κ3) is 8.44. The lowest BCUT2D eigenvalue weighted by atomic mass is 10.0. The predicted molar refractivity (Wildman–Crippen MR) is 160 cm³/mol. The number of rotatable bonds is 10. The summed E-state index contributed by atoms with van der Waals surface area (Å²) >= 11 is 18.8. The number of nitrogens with zero attached hydrogens (tertiary/aromatic N) is 2. The van der Waals surface area contributed by atoms with Crippen molar-refractivity contribution in [2.24, 2.45) is 0 Å². The van der Waals surface area contributed by atoms with Gasteiger partial charge in [-0.2, -0.15) is 4.31 Å². The van der Waals surface area contributed by atoms with Crippen molar-refractivity contribution in [2.45, 2.75) is 50.2 Å². The molecule has 0 aromatic heterocycles. The molecule has 3 aromatic rings. The van der Waals surface area contributed by atoms with Gasteiger partial charge in [-0.05, 0) is 62.7 Å². The number of sulfonamides is 1. The number of hydrogen-bond donors (Lipinski definition) is 1. The van der Waals surface area contributed by atoms with Crippen molar-refractivity contribution in [3.63, 3.8) is 0 Å². The molecule has 7 nitrogen and oxygen atoms in total. The minimum Gasteiger partial charge on any atom is -0.350 e. The first-order chi connectivity index (χ1) is 18.7. The highest BCUT2D eigenvalue weighted by Crippen LogP contribution is 2.28. The van der Waals surface area contributed by atoms with Crippen LogP contribution in [0.25, 0.3) is 0 Å². The highest BCUT2D eigenvalue weighted by Gasteiger charge is 2.35. The van der Waals surface area contributed by atoms with Crippen molar-refractivity contribution < 1.29 is 18.0 Å². The van der Waals surface area contributed by atoms with Crippen LogP contribution in [0.3, 0.4) is 0 Å². The van der Waals surface area contributed by atoms with Gasteiger partial charge in [0.1, 0.15) is 6.04 Å². The van der Waals surface area contributed by atoms with Gasteiger partial charge in [-0.15, -0.1) is 0 Å². The first kappa shape index (κ1) is 31.9. The summed E-state index contributed by atoms with van der Waals surface area (Å²) in [7, 11) is -2.72. The molecule has 0 bridgehead atoms. The number of benzene rings is 3. The number of likely N-dealkylation sites (N-methyl/N-ethyl adjacent to an activating group) is 1. The zero-order valence-corrected chi connectivity index (χ0v) is 25.8. The second-order valence-corrected chi connectivity index (χ2v) is 13.7. The Labute approximate surface area is 251 Å². The number of carbonyl (C=O) groups is 2. The van der Waals surface area contributed by atoms with E-state index >= 15 is 0 Å². The number of nitrogens with one attached hydrogen (secondary N) is 1. The Hall–Kier alpha value is -2.62. The highest BCUT2D eigenvalue weighted by molar-refractivity contribution is 7.89. The van der Waals surface area contributed by atoms with Crippen LogP contribution in [0.5, 0.6) is 0 Å². The summed E-state index contributed by atoms with van der Waals surface area (Å²) in [5.41, 5.74) is 0.683. The van der Waals surface area contributed by atoms with E-state index in [1.54, 1.807) is 18.2 Å². The number of carbonyl (C=O) groups excluding carboxylic acids is 2. The fourth-order valence-corrected chi connectivity index (χ4v) is 5.78. The second kappa shape index (κ2) is 13.4. The van der Waals surface area contributed by atoms with Crippen molar-refractivity contribution in [3.8, 4) is 0 Å². The largest absolute Gasteiger partial charge is 0.350 e. The van der Waals surface area contributed by atoms with Gasteiger partial charge in [-0.3, -0.25) is 9.59 Å². The normalized spacial score (nSPS) is 12.7. The average Bonchev–Trinajstić information content (AvgIpc) is 2.87. The van der Waals surface area contributed by atoms with Crippen LogP contribution in [0.1, 0.15) is 31.9 Å². The summed E-state index contributed by atoms with van der Waals surface area (Å²) < 4.78 is 27.4. The highest BCUT2D eigenvalue weighted by atomic mass is 35.5. The van der Waals surface area contributed by atoms with Crippen LogP contribution in [0.2, 0.25) is 15.1 Å². The second-order valence-electron chi connectivity index (χ2n) is 10.4. The Bertz CT molecular complexity index is 1420. The molecule has 11 heteroatoms. The van der Waals surface area contributed by atoms with E-state index in [1.807, 2.05) is 51.1 Å². The van der Waals surface area contributed by atoms with E-state index in [2.05, 4.69) is 5.32 Å². The number of amides is 2. The Kier molecular flexibility index (Phi) is 10.7. The summed E-state index contributed by atoms with van der Waals surface area (Å²) in [6.45, 7) is 4.89. The molecule has 3 rings (SSSR count). The molecule has 0 spiro atoms. The van der Waals surface area contributed by atoms with Gasteiger partial charge in [-0.25, -0.2) is 8.42 Å². The third-order valence-corrected chi connectivity index (χ3v) is 8.82. The lowest BCUT2D eigenvalue weighted by Gasteiger charge is -2.35. The SMILES string of the molecule is CN(CC(=O)N(Cc1c(Cl)cccc1Cl)[C@H](Cc1ccccc1)C(=O)NC(C)(C)C)S(=O)(=O)c1ccc(Cl)cc1. The summed E-state index contributed by atoms with van der Waals surface area (Å²) in [4.78, 5) is 29.0. The Balaban J connectivity index is 2.04. The van der Waals surface area contributed by atoms with Crippen LogP contribution in [0.15, 0.2) is 77.7 Å². The van der Waals surface area contributed by atoms with Crippen LogP contribution in [-0.4, -0.2) is 54.6 Å². The molecule has 214 valence electrons. The van der Waals surface area contributed by atoms with Crippen molar-refractivity contribution >= 4 is 56.6 Å². The minimum atomic E-state index is -4.03. The maximum atomic E-state index is 13.9. The molecule has 0 heterocycles. The number of hydrogen-bond acceptors (Lipinski definition) is 4. The molecule has 40 heavy (non-hydrogen) atoms. The van der Waals surface area contributed by atoms with Gasteiger partial charge >= 0.3 is 0 Å². The summed E-state index contributed by atoms with van der Waals surface area (Å²) in [5, 5.41) is 3.99. The zero-order valence-electron chi connectivity index (χ0n) is 22.7. The maximum absolute atomic E-state index is 13.9. The number of halogens is 3. The average molecular weight is 625 g/mol. The van der Waals surface area contributed by atoms with Crippen LogP contribution < -0.4 is 5.32 Å². The molecule has 1 atom stereocenters. The topological polar surface area (TPSA) is 86.8 Å². The standard InChI is InChI=1S/C29H32Cl3N3O4S/c1-29(2,3)33-28(37)26(17-20-9-6-5-7-10-20)35(18-23-24(31)11-8-12-25(23)32)27(36)19-34(4)40(38,39)22-15-13-21(30)14-16-22/h5-16,26H,17-19H2,1-4H3,(H,33,37)/t26-/m1/s1. The third-order valence-electron chi connectivity index (χ3n) is 6.04. The lowest BCUT2D eigenvalue weighted by Crippen LogP contribution is -2.56. The first-order valence-corrected chi connectivity index (χ1v) is 15.1. The molecular formula is C29H32Cl3N3O4S. The van der Waals surface area contributed by atoms with Crippen molar-refractivity contribution in [1.82, 2.24) is 14.5 Å². The van der Waals surface area contributed by atoms with Gasteiger partial charge in [0.2, 0.25) is 21.8 Å². The van der Waals surface area contributed by atoms with Crippen LogP contribution in [0.4, 0.5) is 0 Å². The molecule has 0 saturated carbocycles. The quantitative estimate of drug-likeness (QED) is 0.308. The smallest absolute Gasteiger partial charge is 0.243 e. The van der Waals surface area contributed by atoms with Crippen LogP contribution in [-0.2, 0) is 32.6 Å². The van der Waals surface area contributed by atoms with Crippen molar-refractivity contribution in [2.75, 3.05) is 13.6 Å². The monoisotopic (exact) mass is 623 g/mol. The van der Waals surface area contributed by atoms with E-state index in [0.29, 0.717) is 20.6 Å². The van der Waals surface area contributed by atoms with E-state index in [4.69, 9.17) is 34.8 Å². The summed E-state index contributed by atoms with van der Waals surface area (Å²) in [6, 6.07) is 18.9. The molecule has 1 N–H and O–H groups in total. The van der Waals surface area contributed by atoms with Crippen LogP contribution >= 0.6 is 34.8 Å². The molecule has 2 amide bonds. The zero-order chi connectivity index (χ0) is 29.7. The van der Waals surface area contributed by atoms with E-state index in [9.17, 15) is 18.0 Å². The van der Waals surface area contributed by atoms with E-state index in [-0.39, 0.29) is 17.9 Å². The van der Waals surface area contributed by atoms with Gasteiger partial charge in [0.05, 0.1) is 11.4 Å². The molecule has 0 radical (unpaired) electrons. The molecule has 0 aliphatic rings. The molecule has 0 aliphatic heterocycles. The molecule has 0 saturated heterocycles. The molecule has 0 unspecified atom stereocenters. The van der Waals surface area contributed by atoms with Gasteiger partial charge in [0.25, 0.3) is 0 Å². The Morgan fingerprint density at radius 1 is 0.875 bits per heavy atom. The minimum absolute atomic E-state index is 0.0146. The van der Waals surface area contributed by atoms with Crippen molar-refractivity contribution in [3.05, 3.63) is 99.0 Å². The summed E-state index contributed by atoms with van der Waals surface area (Å²) in [5.74, 6) is -0.989. The molecule has 3 aromatic carbocycles. The van der Waals surface area contributed by atoms with Crippen molar-refractivity contribution in [1.29, 1.82) is 0 Å². The van der Waals surface area contributed by atoms with Gasteiger partial charge < -0.3 is 10.2 Å². The summed E-state index contributed by atoms with van der Waals surface area (Å²) in [6.07, 6.45) is 0.185. The fraction of sp³-hybridized carbons (Fsp3) is 0.310. The van der Waals surface area contributed by atoms with Gasteiger partial charge in [0.15, 0.2) is 0 Å². The van der Waals surface area contributed by atoms with E-state index in [0.717, 1.165) is 9.87 Å². The van der Waals surface area contributed by atoms with E-state index < -0.39 is 40.0 Å². The van der Waals surface area contributed by atoms with Gasteiger partial charge in [0, 0.05) is 46.2 Å². The maximum Gasteiger partial charge on any atom is 0.243 e. The first-order valence-electron chi connectivity index (χ1n) is 12.5. The van der Waals surface area contributed by atoms with Gasteiger partial charge in [-0.1, -0.05) is 71.2 Å². The fourth-order valence-electron chi connectivity index (χ4n) is 4.01. The molecule has 0 fully saturated rings. The Morgan fingerprint density at radius 3 is 2.00 bits per heavy atom. The molecular weight excluding hydrogens is 593 g/mol.